The van der Waals surface area contributed by atoms with Gasteiger partial charge in [0.25, 0.3) is 0 Å². The second-order valence-electron chi connectivity index (χ2n) is 5.24. The first-order chi connectivity index (χ1) is 10.2. The highest BCUT2D eigenvalue weighted by atomic mass is 16.3. The normalized spacial score (nSPS) is 11.3. The molecule has 0 fully saturated rings. The maximum atomic E-state index is 6.07. The smallest absolute Gasteiger partial charge is 0.154 e. The number of hydrogen-bond acceptors (Lipinski definition) is 3. The van der Waals surface area contributed by atoms with Crippen molar-refractivity contribution in [3.63, 3.8) is 0 Å². The molecule has 0 radical (unpaired) electrons. The summed E-state index contributed by atoms with van der Waals surface area (Å²) < 4.78 is 6.07. The van der Waals surface area contributed by atoms with E-state index in [0.29, 0.717) is 0 Å². The van der Waals surface area contributed by atoms with Crippen LogP contribution in [0.4, 0.5) is 0 Å². The molecule has 0 atom stereocenters. The van der Waals surface area contributed by atoms with Crippen molar-refractivity contribution in [2.75, 3.05) is 0 Å². The number of aryl methyl sites for hydroxylation is 2. The summed E-state index contributed by atoms with van der Waals surface area (Å²) >= 11 is 0. The number of furan rings is 1. The summed E-state index contributed by atoms with van der Waals surface area (Å²) in [6, 6.07) is 14.1. The van der Waals surface area contributed by atoms with Crippen molar-refractivity contribution in [1.29, 1.82) is 0 Å². The zero-order valence-corrected chi connectivity index (χ0v) is 11.9. The van der Waals surface area contributed by atoms with Crippen LogP contribution in [-0.4, -0.2) is 9.97 Å². The largest absolute Gasteiger partial charge is 0.454 e. The lowest BCUT2D eigenvalue weighted by molar-refractivity contribution is 0.668. The molecule has 3 heterocycles. The van der Waals surface area contributed by atoms with Gasteiger partial charge in [-0.1, -0.05) is 12.1 Å². The second kappa shape index (κ2) is 4.42. The summed E-state index contributed by atoms with van der Waals surface area (Å²) in [5, 5.41) is 1.04. The van der Waals surface area contributed by atoms with Crippen LogP contribution in [0.2, 0.25) is 0 Å². The first-order valence-electron chi connectivity index (χ1n) is 6.95. The molecule has 3 aromatic heterocycles. The average molecular weight is 274 g/mol. The molecule has 0 aliphatic heterocycles. The number of fused-ring (bicyclic) bond motifs is 3. The van der Waals surface area contributed by atoms with Crippen molar-refractivity contribution >= 4 is 22.1 Å². The Bertz CT molecular complexity index is 955. The van der Waals surface area contributed by atoms with Gasteiger partial charge in [0.2, 0.25) is 0 Å². The molecule has 21 heavy (non-hydrogen) atoms. The summed E-state index contributed by atoms with van der Waals surface area (Å²) in [4.78, 5) is 9.11. The van der Waals surface area contributed by atoms with Crippen molar-refractivity contribution in [2.45, 2.75) is 13.8 Å². The number of aromatic nitrogens is 2. The molecule has 4 aromatic rings. The Labute approximate surface area is 122 Å². The molecule has 3 nitrogen and oxygen atoms in total. The monoisotopic (exact) mass is 274 g/mol. The predicted octanol–water partition coefficient (Wildman–Crippen LogP) is 4.66. The van der Waals surface area contributed by atoms with Gasteiger partial charge in [0.05, 0.1) is 5.69 Å². The summed E-state index contributed by atoms with van der Waals surface area (Å²) in [6.45, 7) is 4.07. The molecule has 0 aliphatic carbocycles. The standard InChI is InChI=1S/C18H14N2O/c1-11-10-16-17(20-12(11)2)14-7-5-6-13(18(14)21-16)15-8-3-4-9-19-15/h3-10H,1-2H3. The summed E-state index contributed by atoms with van der Waals surface area (Å²) in [7, 11) is 0. The Balaban J connectivity index is 2.11. The zero-order valence-electron chi connectivity index (χ0n) is 11.9. The third-order valence-corrected chi connectivity index (χ3v) is 3.85. The van der Waals surface area contributed by atoms with Gasteiger partial charge < -0.3 is 4.42 Å². The van der Waals surface area contributed by atoms with Crippen molar-refractivity contribution < 1.29 is 4.42 Å². The quantitative estimate of drug-likeness (QED) is 0.506. The molecular weight excluding hydrogens is 260 g/mol. The highest BCUT2D eigenvalue weighted by Crippen LogP contribution is 2.34. The Morgan fingerprint density at radius 2 is 1.90 bits per heavy atom. The average Bonchev–Trinajstić information content (AvgIpc) is 2.86. The van der Waals surface area contributed by atoms with Gasteiger partial charge in [0.15, 0.2) is 5.58 Å². The van der Waals surface area contributed by atoms with E-state index in [1.165, 1.54) is 0 Å². The van der Waals surface area contributed by atoms with Gasteiger partial charge in [0.1, 0.15) is 11.1 Å². The molecule has 0 amide bonds. The van der Waals surface area contributed by atoms with Gasteiger partial charge in [-0.2, -0.15) is 0 Å². The Morgan fingerprint density at radius 3 is 2.71 bits per heavy atom. The van der Waals surface area contributed by atoms with E-state index in [4.69, 9.17) is 4.42 Å². The van der Waals surface area contributed by atoms with Crippen LogP contribution in [0.25, 0.3) is 33.3 Å². The van der Waals surface area contributed by atoms with Crippen LogP contribution in [0.3, 0.4) is 0 Å². The lowest BCUT2D eigenvalue weighted by Crippen LogP contribution is -1.85. The third kappa shape index (κ3) is 1.82. The summed E-state index contributed by atoms with van der Waals surface area (Å²) in [5.74, 6) is 0. The molecular formula is C18H14N2O. The summed E-state index contributed by atoms with van der Waals surface area (Å²) in [6.07, 6.45) is 1.80. The highest BCUT2D eigenvalue weighted by Gasteiger charge is 2.14. The van der Waals surface area contributed by atoms with Crippen molar-refractivity contribution in [2.24, 2.45) is 0 Å². The first-order valence-corrected chi connectivity index (χ1v) is 6.95. The van der Waals surface area contributed by atoms with E-state index < -0.39 is 0 Å². The SMILES string of the molecule is Cc1cc2oc3c(-c4ccccn4)cccc3c2nc1C. The van der Waals surface area contributed by atoms with E-state index >= 15 is 0 Å². The molecule has 0 spiro atoms. The predicted molar refractivity (Wildman–Crippen MR) is 84.2 cm³/mol. The van der Waals surface area contributed by atoms with Gasteiger partial charge in [-0.05, 0) is 49.7 Å². The van der Waals surface area contributed by atoms with Gasteiger partial charge in [-0.25, -0.2) is 4.98 Å². The summed E-state index contributed by atoms with van der Waals surface area (Å²) in [5.41, 5.74) is 6.69. The molecule has 4 rings (SSSR count). The fraction of sp³-hybridized carbons (Fsp3) is 0.111. The minimum atomic E-state index is 0.830. The number of nitrogens with zero attached hydrogens (tertiary/aromatic N) is 2. The van der Waals surface area contributed by atoms with Crippen LogP contribution >= 0.6 is 0 Å². The maximum absolute atomic E-state index is 6.07. The number of benzene rings is 1. The molecule has 0 saturated carbocycles. The zero-order chi connectivity index (χ0) is 14.4. The Kier molecular flexibility index (Phi) is 2.54. The van der Waals surface area contributed by atoms with E-state index in [1.807, 2.05) is 37.3 Å². The van der Waals surface area contributed by atoms with Crippen LogP contribution in [0.15, 0.2) is 53.1 Å². The second-order valence-corrected chi connectivity index (χ2v) is 5.24. The van der Waals surface area contributed by atoms with Crippen LogP contribution < -0.4 is 0 Å². The third-order valence-electron chi connectivity index (χ3n) is 3.85. The highest BCUT2D eigenvalue weighted by molar-refractivity contribution is 6.07. The minimum absolute atomic E-state index is 0.830. The van der Waals surface area contributed by atoms with Crippen LogP contribution in [0.1, 0.15) is 11.3 Å². The molecule has 0 unspecified atom stereocenters. The number of para-hydroxylation sites is 1. The molecule has 0 N–H and O–H groups in total. The van der Waals surface area contributed by atoms with Gasteiger partial charge in [0, 0.05) is 22.8 Å². The van der Waals surface area contributed by atoms with Gasteiger partial charge in [-0.15, -0.1) is 0 Å². The first kappa shape index (κ1) is 12.1. The Morgan fingerprint density at radius 1 is 1.00 bits per heavy atom. The Hall–Kier alpha value is -2.68. The number of hydrogen-bond donors (Lipinski definition) is 0. The van der Waals surface area contributed by atoms with E-state index in [1.54, 1.807) is 6.20 Å². The van der Waals surface area contributed by atoms with Crippen molar-refractivity contribution in [3.8, 4) is 11.3 Å². The fourth-order valence-electron chi connectivity index (χ4n) is 2.62. The number of pyridine rings is 2. The van der Waals surface area contributed by atoms with Gasteiger partial charge >= 0.3 is 0 Å². The minimum Gasteiger partial charge on any atom is -0.454 e. The lowest BCUT2D eigenvalue weighted by Gasteiger charge is -2.00. The number of rotatable bonds is 1. The molecule has 0 bridgehead atoms. The van der Waals surface area contributed by atoms with Crippen molar-refractivity contribution in [1.82, 2.24) is 9.97 Å². The molecule has 0 aliphatic rings. The van der Waals surface area contributed by atoms with Crippen LogP contribution in [0, 0.1) is 13.8 Å². The van der Waals surface area contributed by atoms with E-state index in [2.05, 4.69) is 29.0 Å². The fourth-order valence-corrected chi connectivity index (χ4v) is 2.62. The van der Waals surface area contributed by atoms with Crippen LogP contribution in [-0.2, 0) is 0 Å². The molecule has 102 valence electrons. The molecule has 3 heteroatoms. The van der Waals surface area contributed by atoms with Crippen LogP contribution in [0.5, 0.6) is 0 Å². The van der Waals surface area contributed by atoms with E-state index in [9.17, 15) is 0 Å². The van der Waals surface area contributed by atoms with Crippen molar-refractivity contribution in [3.05, 3.63) is 59.9 Å². The van der Waals surface area contributed by atoms with Gasteiger partial charge in [-0.3, -0.25) is 4.98 Å². The van der Waals surface area contributed by atoms with E-state index in [0.717, 1.165) is 44.6 Å². The lowest BCUT2D eigenvalue weighted by atomic mass is 10.1. The molecule has 0 saturated heterocycles. The van der Waals surface area contributed by atoms with E-state index in [-0.39, 0.29) is 0 Å². The topological polar surface area (TPSA) is 38.9 Å². The maximum Gasteiger partial charge on any atom is 0.154 e. The molecule has 1 aromatic carbocycles.